The molecule has 27 heavy (non-hydrogen) atoms. The number of rotatable bonds is 5. The Kier molecular flexibility index (Phi) is 6.42. The van der Waals surface area contributed by atoms with Gasteiger partial charge in [0.2, 0.25) is 10.0 Å². The molecule has 2 aromatic rings. The van der Waals surface area contributed by atoms with Crippen molar-refractivity contribution in [3.05, 3.63) is 52.0 Å². The number of carbonyl (C=O) groups excluding carboxylic acids is 1. The quantitative estimate of drug-likeness (QED) is 0.738. The summed E-state index contributed by atoms with van der Waals surface area (Å²) in [6.07, 6.45) is 0. The molecule has 0 atom stereocenters. The van der Waals surface area contributed by atoms with E-state index in [1.807, 2.05) is 0 Å². The predicted octanol–water partition coefficient (Wildman–Crippen LogP) is 4.33. The summed E-state index contributed by atoms with van der Waals surface area (Å²) in [4.78, 5) is 12.3. The Bertz CT molecular complexity index is 970. The van der Waals surface area contributed by atoms with Gasteiger partial charge in [0, 0.05) is 16.8 Å². The highest BCUT2D eigenvalue weighted by molar-refractivity contribution is 7.89. The minimum absolute atomic E-state index is 0.0239. The van der Waals surface area contributed by atoms with Crippen molar-refractivity contribution in [1.82, 2.24) is 4.72 Å². The number of sulfonamides is 1. The number of hydrogen-bond donors (Lipinski definition) is 2. The molecule has 1 amide bonds. The Balaban J connectivity index is 2.32. The number of nitrogens with one attached hydrogen (secondary N) is 2. The first-order valence-corrected chi connectivity index (χ1v) is 10.2. The number of anilines is 1. The largest absolute Gasteiger partial charge is 0.495 e. The Morgan fingerprint density at radius 1 is 1.04 bits per heavy atom. The second-order valence-electron chi connectivity index (χ2n) is 6.80. The highest BCUT2D eigenvalue weighted by Gasteiger charge is 2.25. The number of hydrogen-bond acceptors (Lipinski definition) is 4. The molecule has 0 saturated carbocycles. The van der Waals surface area contributed by atoms with E-state index in [1.165, 1.54) is 31.4 Å². The first kappa shape index (κ1) is 21.5. The maximum Gasteiger partial charge on any atom is 0.255 e. The van der Waals surface area contributed by atoms with Gasteiger partial charge in [0.05, 0.1) is 17.2 Å². The molecule has 146 valence electrons. The van der Waals surface area contributed by atoms with Crippen molar-refractivity contribution in [2.75, 3.05) is 12.4 Å². The number of methoxy groups -OCH3 is 1. The van der Waals surface area contributed by atoms with E-state index in [4.69, 9.17) is 27.9 Å². The molecule has 0 heterocycles. The monoisotopic (exact) mass is 430 g/mol. The van der Waals surface area contributed by atoms with Gasteiger partial charge in [0.25, 0.3) is 5.91 Å². The van der Waals surface area contributed by atoms with Crippen LogP contribution < -0.4 is 14.8 Å². The molecule has 0 aliphatic carbocycles. The minimum Gasteiger partial charge on any atom is -0.495 e. The van der Waals surface area contributed by atoms with E-state index >= 15 is 0 Å². The molecule has 0 unspecified atom stereocenters. The van der Waals surface area contributed by atoms with Gasteiger partial charge in [0.1, 0.15) is 10.6 Å². The first-order valence-electron chi connectivity index (χ1n) is 7.91. The van der Waals surface area contributed by atoms with Crippen LogP contribution >= 0.6 is 23.2 Å². The molecule has 0 saturated heterocycles. The van der Waals surface area contributed by atoms with E-state index in [2.05, 4.69) is 10.0 Å². The van der Waals surface area contributed by atoms with Gasteiger partial charge in [-0.3, -0.25) is 4.79 Å². The minimum atomic E-state index is -3.89. The zero-order chi connectivity index (χ0) is 20.4. The summed E-state index contributed by atoms with van der Waals surface area (Å²) in [6.45, 7) is 5.13. The summed E-state index contributed by atoms with van der Waals surface area (Å²) in [7, 11) is -2.41. The summed E-state index contributed by atoms with van der Waals surface area (Å²) < 4.78 is 32.7. The standard InChI is InChI=1S/C18H20Cl2N2O4S/c1-18(2,3)22-27(24,25)16-9-11(5-7-13(16)19)17(23)21-12-6-8-15(26-4)14(20)10-12/h5-10,22H,1-4H3,(H,21,23). The fourth-order valence-electron chi connectivity index (χ4n) is 2.26. The molecule has 0 aliphatic heterocycles. The lowest BCUT2D eigenvalue weighted by Crippen LogP contribution is -2.40. The molecule has 2 N–H and O–H groups in total. The molecule has 0 bridgehead atoms. The number of carbonyl (C=O) groups is 1. The van der Waals surface area contributed by atoms with Gasteiger partial charge in [-0.1, -0.05) is 23.2 Å². The molecular formula is C18H20Cl2N2O4S. The number of amides is 1. The van der Waals surface area contributed by atoms with Gasteiger partial charge in [-0.15, -0.1) is 0 Å². The lowest BCUT2D eigenvalue weighted by atomic mass is 10.1. The van der Waals surface area contributed by atoms with E-state index in [1.54, 1.807) is 32.9 Å². The second-order valence-corrected chi connectivity index (χ2v) is 9.27. The third kappa shape index (κ3) is 5.59. The fourth-order valence-corrected chi connectivity index (χ4v) is 4.46. The topological polar surface area (TPSA) is 84.5 Å². The van der Waals surface area contributed by atoms with Crippen LogP contribution in [0.3, 0.4) is 0 Å². The van der Waals surface area contributed by atoms with E-state index in [-0.39, 0.29) is 15.5 Å². The molecule has 0 spiro atoms. The highest BCUT2D eigenvalue weighted by atomic mass is 35.5. The fraction of sp³-hybridized carbons (Fsp3) is 0.278. The molecule has 0 radical (unpaired) electrons. The lowest BCUT2D eigenvalue weighted by molar-refractivity contribution is 0.102. The van der Waals surface area contributed by atoms with Crippen LogP contribution in [-0.4, -0.2) is 27.0 Å². The van der Waals surface area contributed by atoms with E-state index in [0.717, 1.165) is 0 Å². The van der Waals surface area contributed by atoms with E-state index in [9.17, 15) is 13.2 Å². The van der Waals surface area contributed by atoms with E-state index in [0.29, 0.717) is 16.5 Å². The molecule has 2 aromatic carbocycles. The van der Waals surface area contributed by atoms with Crippen molar-refractivity contribution in [2.45, 2.75) is 31.2 Å². The molecule has 0 fully saturated rings. The molecule has 0 aromatic heterocycles. The normalized spacial score (nSPS) is 11.9. The number of benzene rings is 2. The first-order chi connectivity index (χ1) is 12.4. The summed E-state index contributed by atoms with van der Waals surface area (Å²) in [5.41, 5.74) is -0.112. The van der Waals surface area contributed by atoms with Gasteiger partial charge in [-0.05, 0) is 57.2 Å². The second kappa shape index (κ2) is 8.06. The van der Waals surface area contributed by atoms with E-state index < -0.39 is 21.5 Å². The number of halogens is 2. The zero-order valence-corrected chi connectivity index (χ0v) is 17.6. The lowest BCUT2D eigenvalue weighted by Gasteiger charge is -2.21. The summed E-state index contributed by atoms with van der Waals surface area (Å²) in [6, 6.07) is 8.82. The van der Waals surface area contributed by atoms with Gasteiger partial charge in [-0.25, -0.2) is 13.1 Å². The predicted molar refractivity (Wildman–Crippen MR) is 107 cm³/mol. The molecule has 6 nitrogen and oxygen atoms in total. The van der Waals surface area contributed by atoms with Crippen LogP contribution in [0.4, 0.5) is 5.69 Å². The summed E-state index contributed by atoms with van der Waals surface area (Å²) >= 11 is 12.1. The van der Waals surface area contributed by atoms with Crippen molar-refractivity contribution in [1.29, 1.82) is 0 Å². The molecule has 0 aliphatic rings. The van der Waals surface area contributed by atoms with Crippen LogP contribution in [0, 0.1) is 0 Å². The summed E-state index contributed by atoms with van der Waals surface area (Å²) in [5, 5.41) is 3.02. The molecular weight excluding hydrogens is 411 g/mol. The van der Waals surface area contributed by atoms with Crippen LogP contribution in [-0.2, 0) is 10.0 Å². The van der Waals surface area contributed by atoms with Gasteiger partial charge in [0.15, 0.2) is 0 Å². The Labute approximate surface area is 168 Å². The average molecular weight is 431 g/mol. The van der Waals surface area contributed by atoms with Crippen molar-refractivity contribution in [3.63, 3.8) is 0 Å². The van der Waals surface area contributed by atoms with Crippen molar-refractivity contribution in [3.8, 4) is 5.75 Å². The Morgan fingerprint density at radius 3 is 2.26 bits per heavy atom. The maximum atomic E-state index is 12.6. The smallest absolute Gasteiger partial charge is 0.255 e. The highest BCUT2D eigenvalue weighted by Crippen LogP contribution is 2.28. The Hall–Kier alpha value is -1.80. The third-order valence-electron chi connectivity index (χ3n) is 3.33. The van der Waals surface area contributed by atoms with Gasteiger partial charge >= 0.3 is 0 Å². The molecule has 9 heteroatoms. The Morgan fingerprint density at radius 2 is 1.70 bits per heavy atom. The van der Waals surface area contributed by atoms with Crippen LogP contribution in [0.1, 0.15) is 31.1 Å². The third-order valence-corrected chi connectivity index (χ3v) is 5.87. The average Bonchev–Trinajstić information content (AvgIpc) is 2.53. The molecule has 2 rings (SSSR count). The number of ether oxygens (including phenoxy) is 1. The van der Waals surface area contributed by atoms with Crippen molar-refractivity contribution >= 4 is 44.8 Å². The van der Waals surface area contributed by atoms with Crippen LogP contribution in [0.2, 0.25) is 10.0 Å². The van der Waals surface area contributed by atoms with Crippen molar-refractivity contribution in [2.24, 2.45) is 0 Å². The summed E-state index contributed by atoms with van der Waals surface area (Å²) in [5.74, 6) is -0.0251. The van der Waals surface area contributed by atoms with Crippen LogP contribution in [0.25, 0.3) is 0 Å². The van der Waals surface area contributed by atoms with Crippen molar-refractivity contribution < 1.29 is 17.9 Å². The maximum absolute atomic E-state index is 12.6. The van der Waals surface area contributed by atoms with Gasteiger partial charge in [-0.2, -0.15) is 0 Å². The van der Waals surface area contributed by atoms with Gasteiger partial charge < -0.3 is 10.1 Å². The van der Waals surface area contributed by atoms with Crippen LogP contribution in [0.15, 0.2) is 41.3 Å². The van der Waals surface area contributed by atoms with Crippen LogP contribution in [0.5, 0.6) is 5.75 Å². The zero-order valence-electron chi connectivity index (χ0n) is 15.3. The SMILES string of the molecule is COc1ccc(NC(=O)c2ccc(Cl)c(S(=O)(=O)NC(C)(C)C)c2)cc1Cl.